The highest BCUT2D eigenvalue weighted by Gasteiger charge is 2.41. The molecule has 1 saturated heterocycles. The molecule has 5 aromatic rings. The number of aromatic hydroxyl groups is 1. The molecule has 1 aliphatic rings. The predicted octanol–water partition coefficient (Wildman–Crippen LogP) is -0.411. The summed E-state index contributed by atoms with van der Waals surface area (Å²) in [5, 5.41) is 64.5. The number of thioether (sulfide) groups is 1. The number of aliphatic hydroxyl groups is 1. The number of phenolic OH excluding ortho intramolecular Hbond substituents is 1. The van der Waals surface area contributed by atoms with Crippen LogP contribution in [0.25, 0.3) is 11.1 Å². The minimum atomic E-state index is -2.08. The van der Waals surface area contributed by atoms with Gasteiger partial charge in [0.15, 0.2) is 0 Å². The van der Waals surface area contributed by atoms with Gasteiger partial charge in [-0.2, -0.15) is 0 Å². The minimum Gasteiger partial charge on any atom is -0.508 e. The number of carbonyl (C=O) groups excluding carboxylic acids is 17. The molecule has 0 spiro atoms. The summed E-state index contributed by atoms with van der Waals surface area (Å²) in [4.78, 5) is 259. The number of carbonyl (C=O) groups is 18. The third-order valence-corrected chi connectivity index (χ3v) is 22.5. The third-order valence-electron chi connectivity index (χ3n) is 21.1. The highest BCUT2D eigenvalue weighted by atomic mass is 35.5. The lowest BCUT2D eigenvalue weighted by atomic mass is 9.97. The van der Waals surface area contributed by atoms with Gasteiger partial charge in [0.1, 0.15) is 90.3 Å². The van der Waals surface area contributed by atoms with E-state index in [0.717, 1.165) is 20.9 Å². The van der Waals surface area contributed by atoms with Gasteiger partial charge >= 0.3 is 5.97 Å². The van der Waals surface area contributed by atoms with Gasteiger partial charge in [0.05, 0.1) is 31.7 Å². The first-order valence-corrected chi connectivity index (χ1v) is 44.0. The summed E-state index contributed by atoms with van der Waals surface area (Å²) in [7, 11) is 2.46. The number of amides is 17. The van der Waals surface area contributed by atoms with E-state index >= 15 is 24.0 Å². The fourth-order valence-corrected chi connectivity index (χ4v) is 14.8. The molecule has 0 unspecified atom stereocenters. The van der Waals surface area contributed by atoms with E-state index in [0.29, 0.717) is 22.9 Å². The first-order valence-electron chi connectivity index (χ1n) is 42.5. The van der Waals surface area contributed by atoms with Crippen molar-refractivity contribution in [2.75, 3.05) is 38.8 Å². The van der Waals surface area contributed by atoms with Crippen molar-refractivity contribution in [2.24, 2.45) is 35.1 Å². The number of nitrogens with zero attached hydrogens (tertiary/aromatic N) is 2. The molecule has 1 heterocycles. The fourth-order valence-electron chi connectivity index (χ4n) is 13.8. The second kappa shape index (κ2) is 51.2. The van der Waals surface area contributed by atoms with Crippen LogP contribution in [-0.2, 0) is 112 Å². The molecular formula is C90H120ClN17O21S. The first kappa shape index (κ1) is 106. The van der Waals surface area contributed by atoms with Crippen LogP contribution >= 0.6 is 23.4 Å². The van der Waals surface area contributed by atoms with E-state index in [1.165, 1.54) is 78.2 Å². The molecule has 1 aliphatic heterocycles. The summed E-state index contributed by atoms with van der Waals surface area (Å²) >= 11 is 7.41. The number of aliphatic hydroxyl groups excluding tert-OH is 1. The quantitative estimate of drug-likeness (QED) is 0.0395. The Morgan fingerprint density at radius 1 is 0.454 bits per heavy atom. The highest BCUT2D eigenvalue weighted by molar-refractivity contribution is 8.00. The largest absolute Gasteiger partial charge is 0.508 e. The number of primary amides is 2. The van der Waals surface area contributed by atoms with E-state index in [2.05, 4.69) is 69.1 Å². The second-order valence-corrected chi connectivity index (χ2v) is 34.9. The molecule has 14 atom stereocenters. The van der Waals surface area contributed by atoms with Gasteiger partial charge < -0.3 is 106 Å². The summed E-state index contributed by atoms with van der Waals surface area (Å²) in [5.74, 6) is -22.9. The Morgan fingerprint density at radius 3 is 1.35 bits per heavy atom. The monoisotopic (exact) mass is 1840 g/mol. The molecular weight excluding hydrogens is 1720 g/mol. The van der Waals surface area contributed by atoms with Crippen molar-refractivity contribution >= 4 is 130 Å². The molecule has 38 nitrogen and oxygen atoms in total. The Morgan fingerprint density at radius 2 is 0.854 bits per heavy atom. The van der Waals surface area contributed by atoms with Crippen molar-refractivity contribution in [3.8, 4) is 16.9 Å². The zero-order chi connectivity index (χ0) is 96.5. The lowest BCUT2D eigenvalue weighted by Crippen LogP contribution is -2.61. The molecule has 40 heteroatoms. The Bertz CT molecular complexity index is 4820. The first-order chi connectivity index (χ1) is 61.3. The van der Waals surface area contributed by atoms with Crippen molar-refractivity contribution in [2.45, 2.75) is 205 Å². The summed E-state index contributed by atoms with van der Waals surface area (Å²) in [6.07, 6.45) is -3.66. The van der Waals surface area contributed by atoms with E-state index in [1.54, 1.807) is 108 Å². The van der Waals surface area contributed by atoms with E-state index in [4.69, 9.17) is 23.1 Å². The smallest absolute Gasteiger partial charge is 0.305 e. The fraction of sp³-hybridized carbons (Fsp3) is 0.467. The second-order valence-electron chi connectivity index (χ2n) is 33.5. The van der Waals surface area contributed by atoms with Gasteiger partial charge in [-0.15, -0.1) is 11.8 Å². The number of hydrogen-bond donors (Lipinski definition) is 18. The van der Waals surface area contributed by atoms with Gasteiger partial charge in [-0.1, -0.05) is 182 Å². The van der Waals surface area contributed by atoms with E-state index in [-0.39, 0.29) is 53.5 Å². The maximum Gasteiger partial charge on any atom is 0.305 e. The topological polar surface area (TPSA) is 583 Å². The third kappa shape index (κ3) is 33.9. The summed E-state index contributed by atoms with van der Waals surface area (Å²) in [6.45, 7) is 13.6. The average Bonchev–Trinajstić information content (AvgIpc) is 0.911. The number of phenols is 1. The standard InChI is InChI=1S/C90H120ClN17O21S/c1-47(2)35-61-78(117)100-65(38-54-27-31-57(32-28-54)56-23-17-14-18-24-56)85(124)106-76(50(7)8)90(129)108(12)52(10)89(128)107(11)43-72(112)95-67(41-71(92)111)82(121)98-62(36-48(3)4)84(123)105-75(49(5)6)88(127)103-69(44-109)86(125)104-70(87(126)94-51(9)77(93)116)45-130-46-73(113)96-63(37-53-21-15-13-16-22-53)79(118)99-64(39-55-29-33-59(110)34-30-55)80(119)102-68(42-74(114)115)83(122)101-66(81(120)97-61)40-58-25-19-20-26-60(58)91/h13-34,47-52,61-70,75-76,109-110H,35-46H2,1-12H3,(H2,92,111)(H2,93,116)(H,94,126)(H,95,112)(H,96,113)(H,97,120)(H,98,121)(H,99,118)(H,100,117)(H,101,122)(H,102,119)(H,103,127)(H,104,125)(H,105,123)(H,106,124)(H,114,115)/t51-,52-,61-,62-,63-,64-,65-,66-,67-,68-,69-,70-,75-,76-/m0/s1. The molecule has 0 radical (unpaired) electrons. The number of rotatable bonds is 23. The van der Waals surface area contributed by atoms with Crippen LogP contribution < -0.4 is 80.6 Å². The van der Waals surface area contributed by atoms with Crippen LogP contribution in [0.1, 0.15) is 117 Å². The molecule has 0 bridgehead atoms. The van der Waals surface area contributed by atoms with Crippen LogP contribution in [0.4, 0.5) is 0 Å². The maximum absolute atomic E-state index is 15.3. The summed E-state index contributed by atoms with van der Waals surface area (Å²) < 4.78 is 0. The van der Waals surface area contributed by atoms with Crippen LogP contribution in [-0.4, -0.2) is 255 Å². The SMILES string of the molecule is CC(C)C[C@@H]1NC(=O)[C@H](Cc2ccccc2Cl)NC(=O)[C@H](CC(=O)O)NC(=O)[C@H](Cc2ccc(O)cc2)NC(=O)[C@H](Cc2ccccc2)NC(=O)CSC[C@@H](C(=O)N[C@@H](C)C(N)=O)NC(=O)[C@H](CO)NC(=O)[C@H](C(C)C)NC(=O)[C@H](CC(C)C)NC(=O)[C@H](CC(N)=O)NC(=O)CN(C)C(=O)[C@H](C)N(C)C(=O)[C@H](C(C)C)NC(=O)[C@H](Cc2ccc(-c3ccccc3)cc2)NC1=O. The van der Waals surface area contributed by atoms with Crippen LogP contribution in [0.15, 0.2) is 133 Å². The average molecular weight is 1840 g/mol. The van der Waals surface area contributed by atoms with Gasteiger partial charge in [-0.05, 0) is 102 Å². The Labute approximate surface area is 763 Å². The van der Waals surface area contributed by atoms with Gasteiger partial charge in [-0.25, -0.2) is 0 Å². The van der Waals surface area contributed by atoms with Crippen molar-refractivity contribution in [1.29, 1.82) is 0 Å². The van der Waals surface area contributed by atoms with Gasteiger partial charge in [0, 0.05) is 50.6 Å². The van der Waals surface area contributed by atoms with Gasteiger partial charge in [0.2, 0.25) is 100 Å². The number of carboxylic acids is 1. The lowest BCUT2D eigenvalue weighted by Gasteiger charge is -2.33. The van der Waals surface area contributed by atoms with Gasteiger partial charge in [0.25, 0.3) is 0 Å². The number of hydrogen-bond acceptors (Lipinski definition) is 21. The Balaban J connectivity index is 1.46. The minimum absolute atomic E-state index is 0.100. The predicted molar refractivity (Wildman–Crippen MR) is 482 cm³/mol. The molecule has 0 saturated carbocycles. The molecule has 6 rings (SSSR count). The number of aliphatic carboxylic acids is 1. The number of halogens is 1. The molecule has 0 aliphatic carbocycles. The van der Waals surface area contributed by atoms with Crippen LogP contribution in [0.2, 0.25) is 5.02 Å². The molecule has 704 valence electrons. The summed E-state index contributed by atoms with van der Waals surface area (Å²) in [5.41, 5.74) is 14.2. The normalized spacial score (nSPS) is 23.3. The highest BCUT2D eigenvalue weighted by Crippen LogP contribution is 2.24. The number of likely N-dealkylation sites (N-methyl/N-ethyl adjacent to an activating group) is 2. The maximum atomic E-state index is 15.3. The molecule has 130 heavy (non-hydrogen) atoms. The van der Waals surface area contributed by atoms with Crippen LogP contribution in [0.5, 0.6) is 5.75 Å². The number of nitrogens with two attached hydrogens (primary N) is 2. The van der Waals surface area contributed by atoms with E-state index in [1.807, 2.05) is 30.3 Å². The number of carboxylic acid groups (broad SMARTS) is 1. The molecule has 17 amide bonds. The van der Waals surface area contributed by atoms with Crippen molar-refractivity contribution in [1.82, 2.24) is 78.9 Å². The zero-order valence-electron chi connectivity index (χ0n) is 74.6. The molecule has 1 fully saturated rings. The van der Waals surface area contributed by atoms with Gasteiger partial charge in [-0.3, -0.25) is 86.3 Å². The van der Waals surface area contributed by atoms with Crippen LogP contribution in [0.3, 0.4) is 0 Å². The molecule has 20 N–H and O–H groups in total. The van der Waals surface area contributed by atoms with E-state index in [9.17, 15) is 77.6 Å². The Kier molecular flexibility index (Phi) is 41.7. The number of benzene rings is 5. The van der Waals surface area contributed by atoms with Crippen molar-refractivity contribution in [3.05, 3.63) is 161 Å². The zero-order valence-corrected chi connectivity index (χ0v) is 76.2. The lowest BCUT2D eigenvalue weighted by molar-refractivity contribution is -0.147. The molecule has 0 aromatic heterocycles. The van der Waals surface area contributed by atoms with Crippen molar-refractivity contribution in [3.63, 3.8) is 0 Å². The number of nitrogens with one attached hydrogen (secondary N) is 13. The van der Waals surface area contributed by atoms with E-state index < -0.39 is 259 Å². The Hall–Kier alpha value is -13.0. The van der Waals surface area contributed by atoms with Crippen LogP contribution in [0, 0.1) is 23.7 Å². The summed E-state index contributed by atoms with van der Waals surface area (Å²) in [6, 6.07) is 13.0. The van der Waals surface area contributed by atoms with Crippen molar-refractivity contribution < 1.29 is 102 Å². The molecule has 5 aromatic carbocycles.